The molecular formula is C32H22Cl2N6O6S2. The van der Waals surface area contributed by atoms with Crippen molar-refractivity contribution in [1.29, 1.82) is 11.1 Å². The van der Waals surface area contributed by atoms with Crippen LogP contribution in [0, 0.1) is 11.1 Å². The first-order valence-corrected chi connectivity index (χ1v) is 17.3. The van der Waals surface area contributed by atoms with Crippen molar-refractivity contribution in [2.24, 2.45) is 10.2 Å². The summed E-state index contributed by atoms with van der Waals surface area (Å²) in [5.74, 6) is 0. The van der Waals surface area contributed by atoms with Crippen LogP contribution in [-0.2, 0) is 20.2 Å². The van der Waals surface area contributed by atoms with E-state index >= 15 is 0 Å². The summed E-state index contributed by atoms with van der Waals surface area (Å²) >= 11 is 13.5. The second kappa shape index (κ2) is 11.9. The summed E-state index contributed by atoms with van der Waals surface area (Å²) in [4.78, 5) is -1.33. The first kappa shape index (κ1) is 33.0. The summed E-state index contributed by atoms with van der Waals surface area (Å²) in [6, 6.07) is 22.5. The molecule has 6 aromatic rings. The minimum atomic E-state index is -4.95. The highest BCUT2D eigenvalue weighted by molar-refractivity contribution is 7.86. The average molecular weight is 722 g/mol. The van der Waals surface area contributed by atoms with Gasteiger partial charge in [-0.05, 0) is 34.0 Å². The molecule has 0 atom stereocenters. The molecule has 12 nitrogen and oxygen atoms in total. The predicted molar refractivity (Wildman–Crippen MR) is 186 cm³/mol. The SMILES string of the molecule is N=Nc1c(S(=O)(=O)O)c(-c2ccc(-c3ccc(-c4c(S(=O)(=O)O)c(N=N)c(N)c5ccccc45)c(Cl)c3)cc2Cl)c2ccccc2c1N. The molecule has 0 aliphatic heterocycles. The smallest absolute Gasteiger partial charge is 0.297 e. The van der Waals surface area contributed by atoms with Crippen molar-refractivity contribution < 1.29 is 25.9 Å². The molecule has 0 saturated carbocycles. The Balaban J connectivity index is 1.56. The fourth-order valence-corrected chi connectivity index (χ4v) is 8.21. The maximum atomic E-state index is 12.6. The Hall–Kier alpha value is -4.96. The van der Waals surface area contributed by atoms with Crippen molar-refractivity contribution in [1.82, 2.24) is 0 Å². The van der Waals surface area contributed by atoms with E-state index in [9.17, 15) is 25.9 Å². The molecule has 242 valence electrons. The number of nitrogens with two attached hydrogens (primary N) is 2. The quantitative estimate of drug-likeness (QED) is 0.0526. The Kier molecular flexibility index (Phi) is 8.19. The van der Waals surface area contributed by atoms with Crippen LogP contribution >= 0.6 is 23.2 Å². The van der Waals surface area contributed by atoms with Gasteiger partial charge in [-0.2, -0.15) is 27.1 Å². The Labute approximate surface area is 283 Å². The summed E-state index contributed by atoms with van der Waals surface area (Å²) in [5.41, 5.74) is 28.0. The molecule has 0 amide bonds. The van der Waals surface area contributed by atoms with Gasteiger partial charge in [-0.25, -0.2) is 11.1 Å². The third kappa shape index (κ3) is 5.34. The topological polar surface area (TPSA) is 233 Å². The van der Waals surface area contributed by atoms with Gasteiger partial charge in [0, 0.05) is 43.1 Å². The first-order valence-electron chi connectivity index (χ1n) is 13.7. The molecule has 6 aromatic carbocycles. The fourth-order valence-electron chi connectivity index (χ4n) is 5.91. The van der Waals surface area contributed by atoms with Gasteiger partial charge in [0.1, 0.15) is 21.2 Å². The van der Waals surface area contributed by atoms with Crippen LogP contribution in [-0.4, -0.2) is 25.9 Å². The van der Waals surface area contributed by atoms with Crippen molar-refractivity contribution in [3.63, 3.8) is 0 Å². The lowest BCUT2D eigenvalue weighted by molar-refractivity contribution is 0.481. The zero-order valence-corrected chi connectivity index (χ0v) is 27.4. The number of nitrogen functional groups attached to an aromatic ring is 2. The van der Waals surface area contributed by atoms with E-state index in [-0.39, 0.29) is 43.7 Å². The normalized spacial score (nSPS) is 12.0. The van der Waals surface area contributed by atoms with Gasteiger partial charge >= 0.3 is 0 Å². The molecule has 0 aliphatic rings. The van der Waals surface area contributed by atoms with Crippen molar-refractivity contribution >= 4 is 87.7 Å². The molecule has 0 fully saturated rings. The number of hydrogen-bond acceptors (Lipinski definition) is 10. The van der Waals surface area contributed by atoms with E-state index in [0.717, 1.165) is 0 Å². The zero-order valence-electron chi connectivity index (χ0n) is 24.2. The number of fused-ring (bicyclic) bond motifs is 2. The van der Waals surface area contributed by atoms with Gasteiger partial charge in [0.15, 0.2) is 0 Å². The summed E-state index contributed by atoms with van der Waals surface area (Å²) in [6.07, 6.45) is 0. The summed E-state index contributed by atoms with van der Waals surface area (Å²) in [7, 11) is -9.90. The van der Waals surface area contributed by atoms with E-state index in [2.05, 4.69) is 10.2 Å². The number of anilines is 2. The molecule has 16 heteroatoms. The highest BCUT2D eigenvalue weighted by Crippen LogP contribution is 2.49. The van der Waals surface area contributed by atoms with Gasteiger partial charge in [-0.1, -0.05) is 96.0 Å². The molecular weight excluding hydrogens is 699 g/mol. The maximum Gasteiger partial charge on any atom is 0.297 e. The number of halogens is 2. The standard InChI is InChI=1S/C32H22Cl2N6O6S2/c33-23-13-15(9-11-21(23)25-17-5-1-3-7-19(17)27(35)29(39-37)31(25)47(41,42)43)16-10-12-22(24(34)14-16)26-18-6-2-4-8-20(18)28(36)30(40-38)32(26)48(44,45)46/h1-14,37-38H,35-36H2,(H,41,42,43)(H,44,45,46). The minimum Gasteiger partial charge on any atom is -0.396 e. The van der Waals surface area contributed by atoms with E-state index < -0.39 is 41.4 Å². The molecule has 0 bridgehead atoms. The van der Waals surface area contributed by atoms with E-state index in [1.165, 1.54) is 24.3 Å². The molecule has 48 heavy (non-hydrogen) atoms. The van der Waals surface area contributed by atoms with E-state index in [1.54, 1.807) is 60.7 Å². The summed E-state index contributed by atoms with van der Waals surface area (Å²) < 4.78 is 71.0. The van der Waals surface area contributed by atoms with Crippen molar-refractivity contribution in [2.75, 3.05) is 11.5 Å². The molecule has 0 unspecified atom stereocenters. The fraction of sp³-hybridized carbons (Fsp3) is 0. The van der Waals surface area contributed by atoms with Crippen LogP contribution in [0.2, 0.25) is 10.0 Å². The van der Waals surface area contributed by atoms with Gasteiger partial charge in [0.2, 0.25) is 0 Å². The van der Waals surface area contributed by atoms with Gasteiger partial charge in [-0.15, -0.1) is 0 Å². The third-order valence-electron chi connectivity index (χ3n) is 7.92. The van der Waals surface area contributed by atoms with Gasteiger partial charge < -0.3 is 11.5 Å². The largest absolute Gasteiger partial charge is 0.396 e. The molecule has 0 aromatic heterocycles. The maximum absolute atomic E-state index is 12.6. The van der Waals surface area contributed by atoms with Crippen LogP contribution in [0.25, 0.3) is 54.9 Å². The molecule has 0 saturated heterocycles. The number of rotatable bonds is 7. The Morgan fingerprint density at radius 2 is 0.896 bits per heavy atom. The van der Waals surface area contributed by atoms with Crippen molar-refractivity contribution in [3.8, 4) is 33.4 Å². The van der Waals surface area contributed by atoms with E-state index in [0.29, 0.717) is 32.7 Å². The van der Waals surface area contributed by atoms with Crippen LogP contribution in [0.5, 0.6) is 0 Å². The lowest BCUT2D eigenvalue weighted by atomic mass is 9.92. The van der Waals surface area contributed by atoms with Gasteiger partial charge in [0.05, 0.1) is 11.4 Å². The average Bonchev–Trinajstić information content (AvgIpc) is 3.04. The van der Waals surface area contributed by atoms with E-state index in [1.807, 2.05) is 0 Å². The zero-order chi connectivity index (χ0) is 34.7. The van der Waals surface area contributed by atoms with E-state index in [4.69, 9.17) is 45.7 Å². The van der Waals surface area contributed by atoms with Crippen LogP contribution < -0.4 is 11.5 Å². The number of benzene rings is 6. The number of nitrogens with zero attached hydrogens (tertiary/aromatic N) is 2. The third-order valence-corrected chi connectivity index (χ3v) is 10.4. The number of nitrogens with one attached hydrogen (secondary N) is 2. The lowest BCUT2D eigenvalue weighted by Gasteiger charge is -2.18. The summed E-state index contributed by atoms with van der Waals surface area (Å²) in [6.45, 7) is 0. The van der Waals surface area contributed by atoms with Crippen LogP contribution in [0.4, 0.5) is 22.7 Å². The highest BCUT2D eigenvalue weighted by atomic mass is 35.5. The molecule has 0 heterocycles. The molecule has 8 N–H and O–H groups in total. The second-order valence-electron chi connectivity index (χ2n) is 10.6. The van der Waals surface area contributed by atoms with Gasteiger partial charge in [0.25, 0.3) is 20.2 Å². The molecule has 0 aliphatic carbocycles. The Bertz CT molecular complexity index is 2430. The predicted octanol–water partition coefficient (Wildman–Crippen LogP) is 9.28. The second-order valence-corrected chi connectivity index (χ2v) is 14.1. The Morgan fingerprint density at radius 3 is 1.19 bits per heavy atom. The van der Waals surface area contributed by atoms with Crippen molar-refractivity contribution in [3.05, 3.63) is 95.0 Å². The highest BCUT2D eigenvalue weighted by Gasteiger charge is 2.30. The minimum absolute atomic E-state index is 0.00168. The van der Waals surface area contributed by atoms with Crippen LogP contribution in [0.15, 0.2) is 105 Å². The monoisotopic (exact) mass is 720 g/mol. The van der Waals surface area contributed by atoms with Gasteiger partial charge in [-0.3, -0.25) is 9.11 Å². The number of hydrogen-bond donors (Lipinski definition) is 6. The van der Waals surface area contributed by atoms with Crippen LogP contribution in [0.3, 0.4) is 0 Å². The lowest BCUT2D eigenvalue weighted by Crippen LogP contribution is -2.05. The molecule has 0 spiro atoms. The molecule has 0 radical (unpaired) electrons. The van der Waals surface area contributed by atoms with Crippen molar-refractivity contribution in [2.45, 2.75) is 9.79 Å². The van der Waals surface area contributed by atoms with Crippen LogP contribution in [0.1, 0.15) is 0 Å². The Morgan fingerprint density at radius 1 is 0.562 bits per heavy atom. The summed E-state index contributed by atoms with van der Waals surface area (Å²) in [5, 5.41) is 8.27. The molecule has 6 rings (SSSR count). The first-order chi connectivity index (χ1) is 22.7.